The summed E-state index contributed by atoms with van der Waals surface area (Å²) in [5.74, 6) is 0.333. The molecule has 0 heterocycles. The van der Waals surface area contributed by atoms with Crippen molar-refractivity contribution < 1.29 is 9.66 Å². The highest BCUT2D eigenvalue weighted by Crippen LogP contribution is 2.36. The average Bonchev–Trinajstić information content (AvgIpc) is 2.41. The molecule has 20 heavy (non-hydrogen) atoms. The van der Waals surface area contributed by atoms with Crippen molar-refractivity contribution in [2.45, 2.75) is 0 Å². The molecule has 0 saturated carbocycles. The molecule has 2 aromatic rings. The maximum atomic E-state index is 11.0. The number of rotatable bonds is 3. The highest BCUT2D eigenvalue weighted by Gasteiger charge is 2.18. The summed E-state index contributed by atoms with van der Waals surface area (Å²) < 4.78 is 6.66. The van der Waals surface area contributed by atoms with Crippen LogP contribution in [0.3, 0.4) is 0 Å². The number of hydrogen-bond donors (Lipinski definition) is 0. The fourth-order valence-corrected chi connectivity index (χ4v) is 2.32. The molecule has 0 N–H and O–H groups in total. The molecule has 0 saturated heterocycles. The van der Waals surface area contributed by atoms with Gasteiger partial charge < -0.3 is 4.74 Å². The first-order valence-corrected chi connectivity index (χ1v) is 6.92. The van der Waals surface area contributed by atoms with Crippen LogP contribution in [0.2, 0.25) is 0 Å². The van der Waals surface area contributed by atoms with Crippen LogP contribution in [0.15, 0.2) is 45.3 Å². The second kappa shape index (κ2) is 6.03. The zero-order chi connectivity index (χ0) is 14.7. The van der Waals surface area contributed by atoms with Crippen LogP contribution >= 0.6 is 31.9 Å². The Kier molecular flexibility index (Phi) is 4.37. The summed E-state index contributed by atoms with van der Waals surface area (Å²) >= 11 is 6.41. The van der Waals surface area contributed by atoms with Crippen LogP contribution in [-0.2, 0) is 0 Å². The van der Waals surface area contributed by atoms with Crippen molar-refractivity contribution in [1.82, 2.24) is 0 Å². The Morgan fingerprint density at radius 3 is 2.60 bits per heavy atom. The number of nitrogens with zero attached hydrogens (tertiary/aromatic N) is 2. The summed E-state index contributed by atoms with van der Waals surface area (Å²) in [5.41, 5.74) is 0.105. The van der Waals surface area contributed by atoms with Gasteiger partial charge in [-0.25, -0.2) is 0 Å². The minimum absolute atomic E-state index is 0.0767. The minimum Gasteiger partial charge on any atom is -0.449 e. The molecule has 0 spiro atoms. The lowest BCUT2D eigenvalue weighted by molar-refractivity contribution is -0.385. The molecule has 2 rings (SSSR count). The van der Waals surface area contributed by atoms with Crippen molar-refractivity contribution in [1.29, 1.82) is 5.26 Å². The molecule has 5 nitrogen and oxygen atoms in total. The Morgan fingerprint density at radius 2 is 1.95 bits per heavy atom. The molecule has 0 aliphatic heterocycles. The molecule has 0 radical (unpaired) electrons. The summed E-state index contributed by atoms with van der Waals surface area (Å²) in [7, 11) is 0. The van der Waals surface area contributed by atoms with E-state index >= 15 is 0 Å². The zero-order valence-corrected chi connectivity index (χ0v) is 13.0. The number of halogens is 2. The smallest absolute Gasteiger partial charge is 0.312 e. The highest BCUT2D eigenvalue weighted by atomic mass is 79.9. The largest absolute Gasteiger partial charge is 0.449 e. The SMILES string of the molecule is N#Cc1c(Br)cccc1Oc1ccc(Br)cc1[N+](=O)[O-]. The number of ether oxygens (including phenoxy) is 1. The van der Waals surface area contributed by atoms with E-state index in [1.165, 1.54) is 12.1 Å². The first kappa shape index (κ1) is 14.5. The van der Waals surface area contributed by atoms with Crippen molar-refractivity contribution in [3.8, 4) is 17.6 Å². The molecular weight excluding hydrogens is 392 g/mol. The van der Waals surface area contributed by atoms with Crippen LogP contribution in [-0.4, -0.2) is 4.92 Å². The standard InChI is InChI=1S/C13H6Br2N2O3/c14-8-4-5-13(11(6-8)17(18)19)20-12-3-1-2-10(15)9(12)7-16/h1-6H. The van der Waals surface area contributed by atoms with Crippen LogP contribution in [0.4, 0.5) is 5.69 Å². The van der Waals surface area contributed by atoms with Gasteiger partial charge in [-0.2, -0.15) is 5.26 Å². The van der Waals surface area contributed by atoms with Crippen molar-refractivity contribution >= 4 is 37.5 Å². The number of hydrogen-bond acceptors (Lipinski definition) is 4. The van der Waals surface area contributed by atoms with Gasteiger partial charge in [-0.15, -0.1) is 0 Å². The fourth-order valence-electron chi connectivity index (χ4n) is 1.54. The van der Waals surface area contributed by atoms with Crippen LogP contribution in [0.5, 0.6) is 11.5 Å². The van der Waals surface area contributed by atoms with Gasteiger partial charge in [0.15, 0.2) is 0 Å². The van der Waals surface area contributed by atoms with E-state index in [0.29, 0.717) is 8.95 Å². The average molecular weight is 398 g/mol. The molecule has 0 unspecified atom stereocenters. The molecule has 100 valence electrons. The van der Waals surface area contributed by atoms with E-state index in [1.807, 2.05) is 6.07 Å². The summed E-state index contributed by atoms with van der Waals surface area (Å²) in [4.78, 5) is 10.5. The molecule has 0 amide bonds. The summed E-state index contributed by atoms with van der Waals surface area (Å²) in [6, 6.07) is 11.4. The first-order valence-electron chi connectivity index (χ1n) is 5.33. The quantitative estimate of drug-likeness (QED) is 0.551. The third kappa shape index (κ3) is 2.98. The summed E-state index contributed by atoms with van der Waals surface area (Å²) in [5, 5.41) is 20.1. The van der Waals surface area contributed by atoms with Crippen LogP contribution in [0.1, 0.15) is 5.56 Å². The monoisotopic (exact) mass is 396 g/mol. The van der Waals surface area contributed by atoms with Crippen LogP contribution < -0.4 is 4.74 Å². The predicted molar refractivity (Wildman–Crippen MR) is 79.7 cm³/mol. The van der Waals surface area contributed by atoms with Gasteiger partial charge in [0.1, 0.15) is 17.4 Å². The molecule has 0 aromatic heterocycles. The number of nitro groups is 1. The Labute approximate surface area is 131 Å². The van der Waals surface area contributed by atoms with Gasteiger partial charge >= 0.3 is 5.69 Å². The lowest BCUT2D eigenvalue weighted by Gasteiger charge is -2.08. The fraction of sp³-hybridized carbons (Fsp3) is 0. The van der Waals surface area contributed by atoms with Gasteiger partial charge in [0, 0.05) is 15.0 Å². The van der Waals surface area contributed by atoms with E-state index in [2.05, 4.69) is 31.9 Å². The number of nitriles is 1. The topological polar surface area (TPSA) is 76.2 Å². The Hall–Kier alpha value is -1.91. The lowest BCUT2D eigenvalue weighted by atomic mass is 10.2. The Bertz CT molecular complexity index is 726. The second-order valence-electron chi connectivity index (χ2n) is 3.70. The third-order valence-corrected chi connectivity index (χ3v) is 3.58. The molecular formula is C13H6Br2N2O3. The predicted octanol–water partition coefficient (Wildman–Crippen LogP) is 4.78. The van der Waals surface area contributed by atoms with E-state index < -0.39 is 4.92 Å². The molecule has 2 aromatic carbocycles. The first-order chi connectivity index (χ1) is 9.52. The number of nitro benzene ring substituents is 1. The maximum Gasteiger partial charge on any atom is 0.312 e. The molecule has 7 heteroatoms. The second-order valence-corrected chi connectivity index (χ2v) is 5.47. The summed E-state index contributed by atoms with van der Waals surface area (Å²) in [6.07, 6.45) is 0. The molecule has 0 bridgehead atoms. The van der Waals surface area contributed by atoms with E-state index in [0.717, 1.165) is 0 Å². The van der Waals surface area contributed by atoms with Gasteiger partial charge in [-0.05, 0) is 40.2 Å². The van der Waals surface area contributed by atoms with Gasteiger partial charge in [-0.3, -0.25) is 10.1 Å². The third-order valence-electron chi connectivity index (χ3n) is 2.42. The van der Waals surface area contributed by atoms with E-state index in [1.54, 1.807) is 24.3 Å². The van der Waals surface area contributed by atoms with Crippen molar-refractivity contribution in [2.24, 2.45) is 0 Å². The van der Waals surface area contributed by atoms with Crippen LogP contribution in [0.25, 0.3) is 0 Å². The van der Waals surface area contributed by atoms with Gasteiger partial charge in [0.2, 0.25) is 5.75 Å². The van der Waals surface area contributed by atoms with Crippen molar-refractivity contribution in [3.05, 3.63) is 61.0 Å². The van der Waals surface area contributed by atoms with E-state index in [9.17, 15) is 10.1 Å². The molecule has 0 fully saturated rings. The zero-order valence-electron chi connectivity index (χ0n) is 9.84. The number of benzene rings is 2. The normalized spacial score (nSPS) is 9.85. The Balaban J connectivity index is 2.49. The molecule has 0 aliphatic carbocycles. The maximum absolute atomic E-state index is 11.0. The van der Waals surface area contributed by atoms with Crippen LogP contribution in [0, 0.1) is 21.4 Å². The van der Waals surface area contributed by atoms with Gasteiger partial charge in [0.25, 0.3) is 0 Å². The lowest BCUT2D eigenvalue weighted by Crippen LogP contribution is -1.95. The van der Waals surface area contributed by atoms with Gasteiger partial charge in [0.05, 0.1) is 4.92 Å². The van der Waals surface area contributed by atoms with Crippen molar-refractivity contribution in [3.63, 3.8) is 0 Å². The van der Waals surface area contributed by atoms with Gasteiger partial charge in [-0.1, -0.05) is 22.0 Å². The van der Waals surface area contributed by atoms with Crippen molar-refractivity contribution in [2.75, 3.05) is 0 Å². The minimum atomic E-state index is -0.538. The van der Waals surface area contributed by atoms with E-state index in [-0.39, 0.29) is 22.7 Å². The highest BCUT2D eigenvalue weighted by molar-refractivity contribution is 9.10. The summed E-state index contributed by atoms with van der Waals surface area (Å²) in [6.45, 7) is 0. The van der Waals surface area contributed by atoms with E-state index in [4.69, 9.17) is 10.00 Å². The Morgan fingerprint density at radius 1 is 1.20 bits per heavy atom. The molecule has 0 atom stereocenters. The molecule has 0 aliphatic rings.